The normalized spacial score (nSPS) is 12.4. The maximum absolute atomic E-state index is 12.9. The van der Waals surface area contributed by atoms with E-state index in [1.807, 2.05) is 31.2 Å². The number of likely N-dealkylation sites (N-methyl/N-ethyl adjacent to an activating group) is 1. The Balaban J connectivity index is 2.14. The van der Waals surface area contributed by atoms with Crippen LogP contribution < -0.4 is 20.1 Å². The van der Waals surface area contributed by atoms with E-state index in [9.17, 15) is 14.4 Å². The summed E-state index contributed by atoms with van der Waals surface area (Å²) < 4.78 is 7.30. The van der Waals surface area contributed by atoms with Crippen molar-refractivity contribution in [2.75, 3.05) is 6.54 Å². The van der Waals surface area contributed by atoms with Crippen molar-refractivity contribution >= 4 is 35.2 Å². The van der Waals surface area contributed by atoms with Crippen LogP contribution in [0.15, 0.2) is 51.9 Å². The van der Waals surface area contributed by atoms with Crippen LogP contribution in [0, 0.1) is 6.92 Å². The van der Waals surface area contributed by atoms with Crippen LogP contribution in [0.5, 0.6) is 0 Å². The van der Waals surface area contributed by atoms with E-state index in [-0.39, 0.29) is 29.6 Å². The molecule has 0 saturated heterocycles. The second kappa shape index (κ2) is 8.67. The first-order chi connectivity index (χ1) is 13.5. The molecular weight excluding hydrogens is 376 g/mol. The fourth-order valence-corrected chi connectivity index (χ4v) is 3.71. The molecule has 0 saturated carbocycles. The monoisotopic (exact) mass is 396 g/mol. The summed E-state index contributed by atoms with van der Waals surface area (Å²) in [6.45, 7) is 4.08. The smallest absolute Gasteiger partial charge is 0.269 e. The van der Waals surface area contributed by atoms with Gasteiger partial charge in [-0.2, -0.15) is 0 Å². The lowest BCUT2D eigenvalue weighted by atomic mass is 10.1. The summed E-state index contributed by atoms with van der Waals surface area (Å²) in [7, 11) is 0. The molecule has 0 unspecified atom stereocenters. The SMILES string of the molecule is CCNC(=O)Cn1c(=O)/c(=C/c2ccccc2C)s/c1=C/C(=O)c1ccco1. The van der Waals surface area contributed by atoms with Gasteiger partial charge >= 0.3 is 0 Å². The van der Waals surface area contributed by atoms with E-state index in [2.05, 4.69) is 5.32 Å². The number of Topliss-reactive ketones (excluding diaryl/α,β-unsaturated/α-hetero) is 1. The van der Waals surface area contributed by atoms with Crippen LogP contribution in [0.4, 0.5) is 0 Å². The van der Waals surface area contributed by atoms with Crippen LogP contribution in [0.3, 0.4) is 0 Å². The maximum Gasteiger partial charge on any atom is 0.269 e. The van der Waals surface area contributed by atoms with Gasteiger partial charge in [-0.05, 0) is 43.2 Å². The summed E-state index contributed by atoms with van der Waals surface area (Å²) in [4.78, 5) is 37.4. The Morgan fingerprint density at radius 2 is 2.00 bits per heavy atom. The van der Waals surface area contributed by atoms with Crippen LogP contribution in [-0.2, 0) is 11.3 Å². The molecule has 0 aliphatic rings. The summed E-state index contributed by atoms with van der Waals surface area (Å²) in [6.07, 6.45) is 4.53. The van der Waals surface area contributed by atoms with Crippen LogP contribution >= 0.6 is 11.3 Å². The third-order valence-corrected chi connectivity index (χ3v) is 5.17. The Bertz CT molecular complexity index is 1170. The molecule has 1 N–H and O–H groups in total. The Morgan fingerprint density at radius 1 is 1.21 bits per heavy atom. The number of carbonyl (C=O) groups is 2. The van der Waals surface area contributed by atoms with Crippen LogP contribution in [0.2, 0.25) is 0 Å². The van der Waals surface area contributed by atoms with Gasteiger partial charge in [0.1, 0.15) is 11.2 Å². The highest BCUT2D eigenvalue weighted by Gasteiger charge is 2.12. The number of amides is 1. The van der Waals surface area contributed by atoms with Crippen molar-refractivity contribution in [1.82, 2.24) is 9.88 Å². The molecule has 0 fully saturated rings. The Hall–Kier alpha value is -3.19. The molecule has 2 aromatic heterocycles. The average molecular weight is 396 g/mol. The van der Waals surface area contributed by atoms with Crippen LogP contribution in [0.1, 0.15) is 28.6 Å². The van der Waals surface area contributed by atoms with E-state index in [0.717, 1.165) is 11.1 Å². The highest BCUT2D eigenvalue weighted by Crippen LogP contribution is 2.07. The van der Waals surface area contributed by atoms with Gasteiger partial charge in [-0.1, -0.05) is 24.3 Å². The fourth-order valence-electron chi connectivity index (χ4n) is 2.68. The molecule has 1 amide bonds. The molecule has 144 valence electrons. The van der Waals surface area contributed by atoms with E-state index >= 15 is 0 Å². The predicted octanol–water partition coefficient (Wildman–Crippen LogP) is 1.44. The standard InChI is InChI=1S/C21H20N2O4S/c1-3-22-19(25)13-23-20(12-16(24)17-9-6-10-27-17)28-18(21(23)26)11-15-8-5-4-7-14(15)2/h4-12H,3,13H2,1-2H3,(H,22,25)/b18-11-,20-12+. The van der Waals surface area contributed by atoms with Crippen molar-refractivity contribution in [1.29, 1.82) is 0 Å². The maximum atomic E-state index is 12.9. The number of benzene rings is 1. The number of ketones is 1. The summed E-state index contributed by atoms with van der Waals surface area (Å²) >= 11 is 1.17. The minimum Gasteiger partial charge on any atom is -0.461 e. The minimum absolute atomic E-state index is 0.151. The van der Waals surface area contributed by atoms with E-state index in [0.29, 0.717) is 15.7 Å². The van der Waals surface area contributed by atoms with Crippen molar-refractivity contribution in [3.05, 3.63) is 79.1 Å². The van der Waals surface area contributed by atoms with Crippen molar-refractivity contribution in [2.24, 2.45) is 0 Å². The largest absolute Gasteiger partial charge is 0.461 e. The molecule has 0 atom stereocenters. The quantitative estimate of drug-likeness (QED) is 0.640. The van der Waals surface area contributed by atoms with Gasteiger partial charge in [-0.3, -0.25) is 19.0 Å². The number of hydrogen-bond donors (Lipinski definition) is 1. The van der Waals surface area contributed by atoms with Gasteiger partial charge in [0.05, 0.1) is 10.8 Å². The van der Waals surface area contributed by atoms with Gasteiger partial charge in [0.15, 0.2) is 5.76 Å². The molecule has 7 heteroatoms. The van der Waals surface area contributed by atoms with Crippen LogP contribution in [-0.4, -0.2) is 22.8 Å². The van der Waals surface area contributed by atoms with Gasteiger partial charge < -0.3 is 9.73 Å². The molecule has 0 bridgehead atoms. The summed E-state index contributed by atoms with van der Waals surface area (Å²) in [6, 6.07) is 10.9. The number of aromatic nitrogens is 1. The lowest BCUT2D eigenvalue weighted by Crippen LogP contribution is -2.38. The number of nitrogens with zero attached hydrogens (tertiary/aromatic N) is 1. The van der Waals surface area contributed by atoms with Crippen molar-refractivity contribution in [3.63, 3.8) is 0 Å². The molecule has 0 aliphatic carbocycles. The Labute approximate surface area is 165 Å². The van der Waals surface area contributed by atoms with Gasteiger partial charge in [-0.15, -0.1) is 11.3 Å². The highest BCUT2D eigenvalue weighted by molar-refractivity contribution is 7.07. The topological polar surface area (TPSA) is 81.3 Å². The molecule has 0 spiro atoms. The molecule has 0 radical (unpaired) electrons. The van der Waals surface area contributed by atoms with Crippen LogP contribution in [0.25, 0.3) is 12.2 Å². The molecule has 2 heterocycles. The molecule has 3 aromatic rings. The number of rotatable bonds is 6. The first kappa shape index (κ1) is 19.6. The second-order valence-electron chi connectivity index (χ2n) is 6.14. The van der Waals surface area contributed by atoms with Crippen molar-refractivity contribution < 1.29 is 14.0 Å². The lowest BCUT2D eigenvalue weighted by Gasteiger charge is -2.02. The number of nitrogens with one attached hydrogen (secondary N) is 1. The van der Waals surface area contributed by atoms with Gasteiger partial charge in [-0.25, -0.2) is 0 Å². The third kappa shape index (κ3) is 4.37. The number of furan rings is 1. The summed E-state index contributed by atoms with van der Waals surface area (Å²) in [5.74, 6) is -0.474. The molecule has 6 nitrogen and oxygen atoms in total. The van der Waals surface area contributed by atoms with E-state index < -0.39 is 0 Å². The average Bonchev–Trinajstić information content (AvgIpc) is 3.29. The van der Waals surface area contributed by atoms with E-state index in [4.69, 9.17) is 4.42 Å². The van der Waals surface area contributed by atoms with Gasteiger partial charge in [0.2, 0.25) is 11.7 Å². The molecule has 3 rings (SSSR count). The summed E-state index contributed by atoms with van der Waals surface area (Å²) in [5, 5.41) is 2.68. The minimum atomic E-state index is -0.363. The van der Waals surface area contributed by atoms with Crippen molar-refractivity contribution in [3.8, 4) is 0 Å². The number of aryl methyl sites for hydroxylation is 1. The molecular formula is C21H20N2O4S. The first-order valence-corrected chi connectivity index (χ1v) is 9.64. The Kier molecular flexibility index (Phi) is 6.06. The first-order valence-electron chi connectivity index (χ1n) is 8.83. The summed E-state index contributed by atoms with van der Waals surface area (Å²) in [5.41, 5.74) is 1.63. The van der Waals surface area contributed by atoms with E-state index in [1.165, 1.54) is 28.2 Å². The second-order valence-corrected chi connectivity index (χ2v) is 7.20. The fraction of sp³-hybridized carbons (Fsp3) is 0.190. The zero-order valence-electron chi connectivity index (χ0n) is 15.6. The lowest BCUT2D eigenvalue weighted by molar-refractivity contribution is -0.121. The van der Waals surface area contributed by atoms with Gasteiger partial charge in [0, 0.05) is 12.6 Å². The van der Waals surface area contributed by atoms with E-state index in [1.54, 1.807) is 25.1 Å². The highest BCUT2D eigenvalue weighted by atomic mass is 32.1. The zero-order valence-corrected chi connectivity index (χ0v) is 16.4. The number of carbonyl (C=O) groups excluding carboxylic acids is 2. The molecule has 0 aliphatic heterocycles. The number of thiazole rings is 1. The molecule has 1 aromatic carbocycles. The third-order valence-electron chi connectivity index (χ3n) is 4.11. The number of hydrogen-bond acceptors (Lipinski definition) is 5. The Morgan fingerprint density at radius 3 is 2.68 bits per heavy atom. The van der Waals surface area contributed by atoms with Crippen molar-refractivity contribution in [2.45, 2.75) is 20.4 Å². The predicted molar refractivity (Wildman–Crippen MR) is 109 cm³/mol. The molecule has 28 heavy (non-hydrogen) atoms. The van der Waals surface area contributed by atoms with Gasteiger partial charge in [0.25, 0.3) is 5.56 Å². The zero-order chi connectivity index (χ0) is 20.1.